The minimum Gasteiger partial charge on any atom is -0.379 e. The zero-order valence-corrected chi connectivity index (χ0v) is 14.3. The van der Waals surface area contributed by atoms with Gasteiger partial charge in [0.25, 0.3) is 0 Å². The molecule has 4 nitrogen and oxygen atoms in total. The normalized spacial score (nSPS) is 10.8. The molecule has 7 heteroatoms. The standard InChI is InChI=1S/C14H12BrClN4S/c1-9-17-4-5-20(9)13-3-2-10(7-19-13)18-8-11-6-12(15)14(16)21-11/h2-7,18H,8H2,1H3. The number of nitrogens with zero attached hydrogens (tertiary/aromatic N) is 3. The molecule has 0 spiro atoms. The Morgan fingerprint density at radius 2 is 2.24 bits per heavy atom. The summed E-state index contributed by atoms with van der Waals surface area (Å²) in [5.74, 6) is 1.78. The van der Waals surface area contributed by atoms with E-state index in [0.717, 1.165) is 32.7 Å². The first-order chi connectivity index (χ1) is 10.1. The van der Waals surface area contributed by atoms with E-state index in [2.05, 4.69) is 31.2 Å². The number of halogens is 2. The number of aromatic nitrogens is 3. The summed E-state index contributed by atoms with van der Waals surface area (Å²) in [7, 11) is 0. The second-order valence-corrected chi connectivity index (χ2v) is 7.03. The molecule has 0 radical (unpaired) electrons. The van der Waals surface area contributed by atoms with Crippen LogP contribution in [0.5, 0.6) is 0 Å². The smallest absolute Gasteiger partial charge is 0.138 e. The molecule has 0 amide bonds. The van der Waals surface area contributed by atoms with Crippen LogP contribution in [0.2, 0.25) is 4.34 Å². The molecule has 0 saturated carbocycles. The third kappa shape index (κ3) is 3.28. The number of nitrogens with one attached hydrogen (secondary N) is 1. The summed E-state index contributed by atoms with van der Waals surface area (Å²) < 4.78 is 3.66. The Kier molecular flexibility index (Phi) is 4.28. The van der Waals surface area contributed by atoms with Gasteiger partial charge < -0.3 is 5.32 Å². The summed E-state index contributed by atoms with van der Waals surface area (Å²) in [6, 6.07) is 6.00. The monoisotopic (exact) mass is 382 g/mol. The van der Waals surface area contributed by atoms with Gasteiger partial charge in [-0.15, -0.1) is 11.3 Å². The molecule has 0 aliphatic rings. The van der Waals surface area contributed by atoms with Crippen LogP contribution in [0.3, 0.4) is 0 Å². The molecule has 3 rings (SSSR count). The summed E-state index contributed by atoms with van der Waals surface area (Å²) in [5.41, 5.74) is 0.970. The van der Waals surface area contributed by atoms with Gasteiger partial charge in [0.05, 0.1) is 11.9 Å². The fourth-order valence-corrected chi connectivity index (χ4v) is 3.65. The van der Waals surface area contributed by atoms with Crippen molar-refractivity contribution < 1.29 is 0 Å². The maximum absolute atomic E-state index is 6.03. The number of hydrogen-bond acceptors (Lipinski definition) is 4. The van der Waals surface area contributed by atoms with E-state index in [1.54, 1.807) is 17.5 Å². The van der Waals surface area contributed by atoms with Crippen molar-refractivity contribution in [2.45, 2.75) is 13.5 Å². The van der Waals surface area contributed by atoms with Crippen LogP contribution in [0.15, 0.2) is 41.3 Å². The number of anilines is 1. The van der Waals surface area contributed by atoms with Crippen LogP contribution in [0.4, 0.5) is 5.69 Å². The van der Waals surface area contributed by atoms with Gasteiger partial charge in [-0.25, -0.2) is 9.97 Å². The zero-order chi connectivity index (χ0) is 14.8. The van der Waals surface area contributed by atoms with E-state index in [1.807, 2.05) is 42.1 Å². The lowest BCUT2D eigenvalue weighted by Crippen LogP contribution is -2.01. The first-order valence-electron chi connectivity index (χ1n) is 6.27. The predicted molar refractivity (Wildman–Crippen MR) is 90.5 cm³/mol. The first-order valence-corrected chi connectivity index (χ1v) is 8.26. The first kappa shape index (κ1) is 14.6. The molecule has 3 aromatic rings. The lowest BCUT2D eigenvalue weighted by Gasteiger charge is -2.07. The summed E-state index contributed by atoms with van der Waals surface area (Å²) >= 11 is 11.0. The molecular formula is C14H12BrClN4S. The molecular weight excluding hydrogens is 372 g/mol. The predicted octanol–water partition coefficient (Wildman–Crippen LogP) is 4.67. The van der Waals surface area contributed by atoms with Gasteiger partial charge in [0.1, 0.15) is 16.0 Å². The SMILES string of the molecule is Cc1nccn1-c1ccc(NCc2cc(Br)c(Cl)s2)cn1. The van der Waals surface area contributed by atoms with Crippen LogP contribution in [-0.4, -0.2) is 14.5 Å². The van der Waals surface area contributed by atoms with Crippen LogP contribution < -0.4 is 5.32 Å². The number of aryl methyl sites for hydroxylation is 1. The molecule has 3 heterocycles. The van der Waals surface area contributed by atoms with Gasteiger partial charge in [0, 0.05) is 28.3 Å². The van der Waals surface area contributed by atoms with Crippen molar-refractivity contribution in [2.24, 2.45) is 0 Å². The van der Waals surface area contributed by atoms with E-state index in [9.17, 15) is 0 Å². The van der Waals surface area contributed by atoms with Crippen molar-refractivity contribution >= 4 is 44.6 Å². The molecule has 0 saturated heterocycles. The molecule has 21 heavy (non-hydrogen) atoms. The zero-order valence-electron chi connectivity index (χ0n) is 11.2. The van der Waals surface area contributed by atoms with Gasteiger partial charge >= 0.3 is 0 Å². The van der Waals surface area contributed by atoms with Gasteiger partial charge in [-0.05, 0) is 41.1 Å². The number of hydrogen-bond donors (Lipinski definition) is 1. The maximum Gasteiger partial charge on any atom is 0.138 e. The van der Waals surface area contributed by atoms with E-state index >= 15 is 0 Å². The third-order valence-corrected chi connectivity index (χ3v) is 5.46. The minimum atomic E-state index is 0.723. The highest BCUT2D eigenvalue weighted by atomic mass is 79.9. The van der Waals surface area contributed by atoms with Crippen molar-refractivity contribution in [1.82, 2.24) is 14.5 Å². The molecule has 1 N–H and O–H groups in total. The highest BCUT2D eigenvalue weighted by molar-refractivity contribution is 9.10. The van der Waals surface area contributed by atoms with Crippen molar-refractivity contribution in [3.05, 3.63) is 56.3 Å². The van der Waals surface area contributed by atoms with Gasteiger partial charge in [0.15, 0.2) is 0 Å². The van der Waals surface area contributed by atoms with Crippen LogP contribution >= 0.6 is 38.9 Å². The third-order valence-electron chi connectivity index (χ3n) is 2.98. The average molecular weight is 384 g/mol. The molecule has 0 atom stereocenters. The summed E-state index contributed by atoms with van der Waals surface area (Å²) in [5, 5.41) is 3.33. The summed E-state index contributed by atoms with van der Waals surface area (Å²) in [6.07, 6.45) is 5.48. The Morgan fingerprint density at radius 1 is 1.38 bits per heavy atom. The van der Waals surface area contributed by atoms with Crippen LogP contribution in [-0.2, 0) is 6.54 Å². The number of thiophene rings is 1. The molecule has 0 aliphatic heterocycles. The molecule has 0 aliphatic carbocycles. The van der Waals surface area contributed by atoms with Gasteiger partial charge in [0.2, 0.25) is 0 Å². The van der Waals surface area contributed by atoms with E-state index in [4.69, 9.17) is 11.6 Å². The topological polar surface area (TPSA) is 42.7 Å². The van der Waals surface area contributed by atoms with Crippen molar-refractivity contribution in [3.63, 3.8) is 0 Å². The van der Waals surface area contributed by atoms with Gasteiger partial charge in [-0.1, -0.05) is 11.6 Å². The molecule has 0 aromatic carbocycles. The number of rotatable bonds is 4. The lowest BCUT2D eigenvalue weighted by atomic mass is 10.3. The highest BCUT2D eigenvalue weighted by Crippen LogP contribution is 2.32. The molecule has 3 aromatic heterocycles. The quantitative estimate of drug-likeness (QED) is 0.712. The number of imidazole rings is 1. The second kappa shape index (κ2) is 6.17. The fraction of sp³-hybridized carbons (Fsp3) is 0.143. The van der Waals surface area contributed by atoms with Crippen molar-refractivity contribution in [2.75, 3.05) is 5.32 Å². The largest absolute Gasteiger partial charge is 0.379 e. The summed E-state index contributed by atoms with van der Waals surface area (Å²) in [6.45, 7) is 2.67. The highest BCUT2D eigenvalue weighted by Gasteiger charge is 2.05. The Hall–Kier alpha value is -1.37. The lowest BCUT2D eigenvalue weighted by molar-refractivity contribution is 0.932. The van der Waals surface area contributed by atoms with Gasteiger partial charge in [-0.2, -0.15) is 0 Å². The molecule has 0 bridgehead atoms. The fourth-order valence-electron chi connectivity index (χ4n) is 1.92. The Morgan fingerprint density at radius 3 is 2.81 bits per heavy atom. The van der Waals surface area contributed by atoms with Crippen molar-refractivity contribution in [1.29, 1.82) is 0 Å². The van der Waals surface area contributed by atoms with Crippen molar-refractivity contribution in [3.8, 4) is 5.82 Å². The molecule has 108 valence electrons. The molecule has 0 fully saturated rings. The second-order valence-electron chi connectivity index (χ2n) is 4.44. The molecule has 0 unspecified atom stereocenters. The van der Waals surface area contributed by atoms with Crippen LogP contribution in [0.1, 0.15) is 10.7 Å². The van der Waals surface area contributed by atoms with E-state index in [0.29, 0.717) is 0 Å². The van der Waals surface area contributed by atoms with Crippen LogP contribution in [0, 0.1) is 6.92 Å². The van der Waals surface area contributed by atoms with Gasteiger partial charge in [-0.3, -0.25) is 4.57 Å². The minimum absolute atomic E-state index is 0.723. The Bertz CT molecular complexity index is 731. The Labute approximate surface area is 139 Å². The van der Waals surface area contributed by atoms with E-state index < -0.39 is 0 Å². The average Bonchev–Trinajstić information content (AvgIpc) is 3.04. The van der Waals surface area contributed by atoms with E-state index in [-0.39, 0.29) is 0 Å². The van der Waals surface area contributed by atoms with Crippen LogP contribution in [0.25, 0.3) is 5.82 Å². The number of pyridine rings is 1. The Balaban J connectivity index is 1.69. The maximum atomic E-state index is 6.03. The van der Waals surface area contributed by atoms with E-state index in [1.165, 1.54) is 4.88 Å². The summed E-state index contributed by atoms with van der Waals surface area (Å²) in [4.78, 5) is 9.81.